The van der Waals surface area contributed by atoms with Crippen LogP contribution in [-0.2, 0) is 25.6 Å². The molecular weight excluding hydrogens is 480 g/mol. The topological polar surface area (TPSA) is 117 Å². The Kier molecular flexibility index (Phi) is 7.98. The van der Waals surface area contributed by atoms with Crippen molar-refractivity contribution < 1.29 is 33.5 Å². The maximum Gasteiger partial charge on any atom is 0.336 e. The monoisotopic (exact) mass is 502 g/mol. The molecule has 0 bridgehead atoms. The van der Waals surface area contributed by atoms with E-state index < -0.39 is 22.8 Å². The van der Waals surface area contributed by atoms with Crippen LogP contribution in [-0.4, -0.2) is 50.2 Å². The second-order valence-corrected chi connectivity index (χ2v) is 7.82. The molecule has 0 amide bonds. The molecule has 0 aromatic heterocycles. The third kappa shape index (κ3) is 5.38. The Hall–Kier alpha value is -4.05. The summed E-state index contributed by atoms with van der Waals surface area (Å²) in [6, 6.07) is 9.40. The number of ether oxygens (including phenoxy) is 4. The lowest BCUT2D eigenvalue weighted by molar-refractivity contribution is -0.384. The SMILES string of the molecule is COC(=O)C1=CN(Cc2ccc(OC)c(OC)c2)C=C(C(=O)OC)C1c1ccc(Cl)c([N+](=O)[O-])c1. The van der Waals surface area contributed by atoms with Gasteiger partial charge in [0.15, 0.2) is 11.5 Å². The molecule has 0 spiro atoms. The summed E-state index contributed by atoms with van der Waals surface area (Å²) in [5.74, 6) is -1.33. The van der Waals surface area contributed by atoms with Crippen LogP contribution in [0, 0.1) is 10.1 Å². The number of carbonyl (C=O) groups excluding carboxylic acids is 2. The number of methoxy groups -OCH3 is 4. The molecule has 1 heterocycles. The van der Waals surface area contributed by atoms with Crippen molar-refractivity contribution in [1.82, 2.24) is 4.90 Å². The number of benzene rings is 2. The van der Waals surface area contributed by atoms with Gasteiger partial charge in [-0.15, -0.1) is 0 Å². The van der Waals surface area contributed by atoms with Gasteiger partial charge in [0.1, 0.15) is 5.02 Å². The van der Waals surface area contributed by atoms with Gasteiger partial charge in [0.05, 0.1) is 50.4 Å². The average molecular weight is 503 g/mol. The van der Waals surface area contributed by atoms with Gasteiger partial charge in [-0.25, -0.2) is 9.59 Å². The highest BCUT2D eigenvalue weighted by Crippen LogP contribution is 2.40. The number of esters is 2. The van der Waals surface area contributed by atoms with Crippen molar-refractivity contribution in [3.05, 3.63) is 86.2 Å². The second-order valence-electron chi connectivity index (χ2n) is 7.41. The highest BCUT2D eigenvalue weighted by Gasteiger charge is 2.36. The van der Waals surface area contributed by atoms with Gasteiger partial charge in [-0.1, -0.05) is 23.7 Å². The predicted molar refractivity (Wildman–Crippen MR) is 126 cm³/mol. The van der Waals surface area contributed by atoms with Gasteiger partial charge in [0, 0.05) is 25.0 Å². The summed E-state index contributed by atoms with van der Waals surface area (Å²) in [4.78, 5) is 38.0. The van der Waals surface area contributed by atoms with Crippen LogP contribution in [0.1, 0.15) is 17.0 Å². The smallest absolute Gasteiger partial charge is 0.336 e. The van der Waals surface area contributed by atoms with Crippen LogP contribution in [0.15, 0.2) is 59.9 Å². The first kappa shape index (κ1) is 25.6. The number of halogens is 1. The molecule has 0 saturated heterocycles. The van der Waals surface area contributed by atoms with Gasteiger partial charge in [0.25, 0.3) is 5.69 Å². The van der Waals surface area contributed by atoms with Crippen molar-refractivity contribution in [1.29, 1.82) is 0 Å². The number of hydrogen-bond acceptors (Lipinski definition) is 9. The Balaban J connectivity index is 2.11. The van der Waals surface area contributed by atoms with Crippen LogP contribution in [0.2, 0.25) is 5.02 Å². The van der Waals surface area contributed by atoms with Crippen molar-refractivity contribution in [3.63, 3.8) is 0 Å². The van der Waals surface area contributed by atoms with E-state index >= 15 is 0 Å². The van der Waals surface area contributed by atoms with Crippen LogP contribution < -0.4 is 9.47 Å². The molecule has 2 aromatic carbocycles. The molecule has 1 aliphatic rings. The molecule has 35 heavy (non-hydrogen) atoms. The lowest BCUT2D eigenvalue weighted by Crippen LogP contribution is -2.28. The first-order chi connectivity index (χ1) is 16.7. The number of hydrogen-bond donors (Lipinski definition) is 0. The van der Waals surface area contributed by atoms with Gasteiger partial charge in [-0.05, 0) is 29.3 Å². The van der Waals surface area contributed by atoms with E-state index in [0.717, 1.165) is 5.56 Å². The van der Waals surface area contributed by atoms with Gasteiger partial charge < -0.3 is 23.8 Å². The minimum atomic E-state index is -0.979. The van der Waals surface area contributed by atoms with E-state index in [0.29, 0.717) is 17.1 Å². The standard InChI is InChI=1S/C24H23ClN2O8/c1-32-20-8-5-14(9-21(20)33-2)11-26-12-16(23(28)34-3)22(17(13-26)24(29)35-4)15-6-7-18(25)19(10-15)27(30)31/h5-10,12-13,22H,11H2,1-4H3. The summed E-state index contributed by atoms with van der Waals surface area (Å²) < 4.78 is 20.5. The molecule has 3 rings (SSSR count). The summed E-state index contributed by atoms with van der Waals surface area (Å²) in [7, 11) is 5.46. The van der Waals surface area contributed by atoms with Gasteiger partial charge in [0.2, 0.25) is 0 Å². The number of rotatable bonds is 8. The Morgan fingerprint density at radius 3 is 2.06 bits per heavy atom. The highest BCUT2D eigenvalue weighted by atomic mass is 35.5. The van der Waals surface area contributed by atoms with Crippen molar-refractivity contribution in [2.45, 2.75) is 12.5 Å². The molecule has 0 saturated carbocycles. The zero-order chi connectivity index (χ0) is 25.7. The molecular formula is C24H23ClN2O8. The van der Waals surface area contributed by atoms with E-state index in [-0.39, 0.29) is 28.4 Å². The molecule has 1 aliphatic heterocycles. The molecule has 10 nitrogen and oxygen atoms in total. The fraction of sp³-hybridized carbons (Fsp3) is 0.250. The first-order valence-electron chi connectivity index (χ1n) is 10.2. The Labute approximate surface area is 206 Å². The maximum atomic E-state index is 12.8. The van der Waals surface area contributed by atoms with Crippen LogP contribution >= 0.6 is 11.6 Å². The molecule has 0 unspecified atom stereocenters. The van der Waals surface area contributed by atoms with E-state index in [1.807, 2.05) is 6.07 Å². The third-order valence-electron chi connectivity index (χ3n) is 5.39. The van der Waals surface area contributed by atoms with Crippen molar-refractivity contribution >= 4 is 29.2 Å². The van der Waals surface area contributed by atoms with Crippen molar-refractivity contribution in [3.8, 4) is 11.5 Å². The number of nitro benzene ring substituents is 1. The van der Waals surface area contributed by atoms with Gasteiger partial charge >= 0.3 is 11.9 Å². The molecule has 0 aliphatic carbocycles. The number of carbonyl (C=O) groups is 2. The van der Waals surface area contributed by atoms with Crippen LogP contribution in [0.25, 0.3) is 0 Å². The minimum Gasteiger partial charge on any atom is -0.493 e. The largest absolute Gasteiger partial charge is 0.493 e. The number of nitrogens with zero attached hydrogens (tertiary/aromatic N) is 2. The lowest BCUT2D eigenvalue weighted by atomic mass is 9.83. The zero-order valence-electron chi connectivity index (χ0n) is 19.4. The number of nitro groups is 1. The van der Waals surface area contributed by atoms with E-state index in [9.17, 15) is 19.7 Å². The summed E-state index contributed by atoms with van der Waals surface area (Å²) in [6.45, 7) is 0.259. The van der Waals surface area contributed by atoms with Crippen molar-refractivity contribution in [2.24, 2.45) is 0 Å². The van der Waals surface area contributed by atoms with E-state index in [2.05, 4.69) is 0 Å². The van der Waals surface area contributed by atoms with E-state index in [4.69, 9.17) is 30.5 Å². The fourth-order valence-corrected chi connectivity index (χ4v) is 3.96. The third-order valence-corrected chi connectivity index (χ3v) is 5.71. The molecule has 0 radical (unpaired) electrons. The molecule has 2 aromatic rings. The molecule has 184 valence electrons. The summed E-state index contributed by atoms with van der Waals surface area (Å²) >= 11 is 5.96. The van der Waals surface area contributed by atoms with Crippen LogP contribution in [0.4, 0.5) is 5.69 Å². The zero-order valence-corrected chi connectivity index (χ0v) is 20.2. The average Bonchev–Trinajstić information content (AvgIpc) is 2.87. The van der Waals surface area contributed by atoms with E-state index in [1.165, 1.54) is 59.0 Å². The van der Waals surface area contributed by atoms with Gasteiger partial charge in [-0.2, -0.15) is 0 Å². The molecule has 11 heteroatoms. The van der Waals surface area contributed by atoms with Crippen molar-refractivity contribution in [2.75, 3.05) is 28.4 Å². The summed E-state index contributed by atoms with van der Waals surface area (Å²) in [5.41, 5.74) is 0.926. The Morgan fingerprint density at radius 1 is 0.943 bits per heavy atom. The molecule has 0 fully saturated rings. The maximum absolute atomic E-state index is 12.8. The van der Waals surface area contributed by atoms with Crippen LogP contribution in [0.5, 0.6) is 11.5 Å². The van der Waals surface area contributed by atoms with Crippen LogP contribution in [0.3, 0.4) is 0 Å². The lowest BCUT2D eigenvalue weighted by Gasteiger charge is -2.30. The summed E-state index contributed by atoms with van der Waals surface area (Å²) in [5, 5.41) is 11.4. The Bertz CT molecular complexity index is 1190. The minimum absolute atomic E-state index is 0.0724. The van der Waals surface area contributed by atoms with E-state index in [1.54, 1.807) is 17.0 Å². The first-order valence-corrected chi connectivity index (χ1v) is 10.6. The summed E-state index contributed by atoms with van der Waals surface area (Å²) in [6.07, 6.45) is 3.06. The molecule has 0 N–H and O–H groups in total. The second kappa shape index (κ2) is 10.9. The molecule has 0 atom stereocenters. The Morgan fingerprint density at radius 2 is 1.54 bits per heavy atom. The quantitative estimate of drug-likeness (QED) is 0.300. The fourth-order valence-electron chi connectivity index (χ4n) is 3.78. The normalized spacial score (nSPS) is 13.5. The predicted octanol–water partition coefficient (Wildman–Crippen LogP) is 3.98. The highest BCUT2D eigenvalue weighted by molar-refractivity contribution is 6.32. The van der Waals surface area contributed by atoms with Gasteiger partial charge in [-0.3, -0.25) is 10.1 Å².